The molecule has 158 valence electrons. The van der Waals surface area contributed by atoms with Crippen molar-refractivity contribution in [2.24, 2.45) is 0 Å². The molecule has 2 aromatic rings. The molecule has 0 saturated heterocycles. The number of nitrogens with one attached hydrogen (secondary N) is 1. The molecule has 0 radical (unpaired) electrons. The largest absolute Gasteiger partial charge is 0.491 e. The van der Waals surface area contributed by atoms with Crippen molar-refractivity contribution < 1.29 is 18.7 Å². The van der Waals surface area contributed by atoms with Gasteiger partial charge in [-0.2, -0.15) is 10.4 Å². The van der Waals surface area contributed by atoms with Crippen LogP contribution in [0.25, 0.3) is 0 Å². The first-order valence-electron chi connectivity index (χ1n) is 9.93. The maximum absolute atomic E-state index is 13.1. The summed E-state index contributed by atoms with van der Waals surface area (Å²) in [7, 11) is 0. The Labute approximate surface area is 179 Å². The first-order valence-corrected chi connectivity index (χ1v) is 9.93. The summed E-state index contributed by atoms with van der Waals surface area (Å²) in [6.45, 7) is 4.29. The van der Waals surface area contributed by atoms with Gasteiger partial charge in [0.1, 0.15) is 24.3 Å². The second-order valence-corrected chi connectivity index (χ2v) is 7.30. The van der Waals surface area contributed by atoms with Gasteiger partial charge in [0.2, 0.25) is 5.88 Å². The molecule has 31 heavy (non-hydrogen) atoms. The molecule has 2 unspecified atom stereocenters. The summed E-state index contributed by atoms with van der Waals surface area (Å²) in [6, 6.07) is 8.75. The van der Waals surface area contributed by atoms with Crippen LogP contribution >= 0.6 is 0 Å². The van der Waals surface area contributed by atoms with Crippen LogP contribution < -0.4 is 14.8 Å². The van der Waals surface area contributed by atoms with Crippen molar-refractivity contribution in [1.29, 1.82) is 5.26 Å². The Morgan fingerprint density at radius 1 is 1.42 bits per heavy atom. The van der Waals surface area contributed by atoms with E-state index in [2.05, 4.69) is 23.1 Å². The van der Waals surface area contributed by atoms with Gasteiger partial charge in [-0.05, 0) is 48.4 Å². The second kappa shape index (κ2) is 8.88. The Balaban J connectivity index is 1.39. The topological polar surface area (TPSA) is 89.2 Å². The van der Waals surface area contributed by atoms with Crippen LogP contribution in [0.5, 0.6) is 11.6 Å². The standard InChI is InChI=1S/C23H21FN4O3/c1-2-17(24)4-3-5-19-8-9-28-22(31-19)12-20(27-28)23(29)26-18-11-16-10-15(13-25)6-7-21(16)30-14-18/h2-7,10,12,18-19H,1,8-9,11,14H2,(H,26,29)/b5-3+,17-4+. The summed E-state index contributed by atoms with van der Waals surface area (Å²) in [5, 5.41) is 16.3. The summed E-state index contributed by atoms with van der Waals surface area (Å²) in [5.74, 6) is 0.483. The quantitative estimate of drug-likeness (QED) is 0.750. The van der Waals surface area contributed by atoms with Gasteiger partial charge in [0, 0.05) is 19.0 Å². The highest BCUT2D eigenvalue weighted by molar-refractivity contribution is 5.92. The molecule has 8 heteroatoms. The monoisotopic (exact) mass is 420 g/mol. The fourth-order valence-electron chi connectivity index (χ4n) is 3.52. The van der Waals surface area contributed by atoms with Crippen LogP contribution in [0.1, 0.15) is 28.0 Å². The van der Waals surface area contributed by atoms with Crippen molar-refractivity contribution in [3.63, 3.8) is 0 Å². The van der Waals surface area contributed by atoms with Gasteiger partial charge in [0.05, 0.1) is 17.7 Å². The van der Waals surface area contributed by atoms with Crippen LogP contribution in [0.2, 0.25) is 0 Å². The van der Waals surface area contributed by atoms with Crippen molar-refractivity contribution in [2.45, 2.75) is 31.5 Å². The normalized spacial score (nSPS) is 20.1. The Kier molecular flexibility index (Phi) is 5.85. The number of aromatic nitrogens is 2. The van der Waals surface area contributed by atoms with Gasteiger partial charge in [0.25, 0.3) is 5.91 Å². The Hall–Kier alpha value is -3.86. The lowest BCUT2D eigenvalue weighted by Gasteiger charge is -2.25. The minimum absolute atomic E-state index is 0.226. The molecular formula is C23H21FN4O3. The number of benzene rings is 1. The number of nitrogens with zero attached hydrogens (tertiary/aromatic N) is 3. The van der Waals surface area contributed by atoms with E-state index in [9.17, 15) is 9.18 Å². The van der Waals surface area contributed by atoms with E-state index in [1.807, 2.05) is 0 Å². The van der Waals surface area contributed by atoms with Gasteiger partial charge in [-0.1, -0.05) is 12.7 Å². The van der Waals surface area contributed by atoms with Gasteiger partial charge in [-0.3, -0.25) is 4.79 Å². The fourth-order valence-corrected chi connectivity index (χ4v) is 3.52. The van der Waals surface area contributed by atoms with E-state index in [-0.39, 0.29) is 23.7 Å². The number of allylic oxidation sites excluding steroid dienone is 4. The van der Waals surface area contributed by atoms with Gasteiger partial charge in [-0.15, -0.1) is 0 Å². The highest BCUT2D eigenvalue weighted by atomic mass is 19.1. The number of rotatable bonds is 5. The van der Waals surface area contributed by atoms with Crippen LogP contribution in [0.4, 0.5) is 4.39 Å². The number of fused-ring (bicyclic) bond motifs is 2. The fraction of sp³-hybridized carbons (Fsp3) is 0.261. The maximum Gasteiger partial charge on any atom is 0.272 e. The summed E-state index contributed by atoms with van der Waals surface area (Å²) in [6.07, 6.45) is 6.78. The molecule has 0 spiro atoms. The third-order valence-corrected chi connectivity index (χ3v) is 5.08. The number of amides is 1. The van der Waals surface area contributed by atoms with Gasteiger partial charge >= 0.3 is 0 Å². The molecule has 0 aliphatic carbocycles. The van der Waals surface area contributed by atoms with E-state index in [0.29, 0.717) is 37.4 Å². The molecule has 2 aliphatic rings. The average Bonchev–Trinajstić information content (AvgIpc) is 3.22. The lowest BCUT2D eigenvalue weighted by Crippen LogP contribution is -2.42. The number of nitriles is 1. The van der Waals surface area contributed by atoms with E-state index in [1.54, 1.807) is 41.1 Å². The van der Waals surface area contributed by atoms with E-state index in [0.717, 1.165) is 17.4 Å². The van der Waals surface area contributed by atoms with Gasteiger partial charge in [0.15, 0.2) is 5.69 Å². The Morgan fingerprint density at radius 3 is 3.10 bits per heavy atom. The Bertz CT molecular complexity index is 1110. The molecule has 4 rings (SSSR count). The second-order valence-electron chi connectivity index (χ2n) is 7.30. The first-order chi connectivity index (χ1) is 15.1. The van der Waals surface area contributed by atoms with Crippen LogP contribution in [0.15, 0.2) is 61.0 Å². The molecule has 7 nitrogen and oxygen atoms in total. The number of aryl methyl sites for hydroxylation is 1. The van der Waals surface area contributed by atoms with Crippen molar-refractivity contribution in [3.05, 3.63) is 77.8 Å². The van der Waals surface area contributed by atoms with Gasteiger partial charge < -0.3 is 14.8 Å². The summed E-state index contributed by atoms with van der Waals surface area (Å²) in [5.41, 5.74) is 1.70. The van der Waals surface area contributed by atoms with Crippen LogP contribution in [-0.2, 0) is 13.0 Å². The predicted octanol–water partition coefficient (Wildman–Crippen LogP) is 3.23. The molecule has 0 saturated carbocycles. The highest BCUT2D eigenvalue weighted by Gasteiger charge is 2.26. The number of halogens is 1. The summed E-state index contributed by atoms with van der Waals surface area (Å²) >= 11 is 0. The number of carbonyl (C=O) groups is 1. The van der Waals surface area contributed by atoms with Gasteiger partial charge in [-0.25, -0.2) is 9.07 Å². The minimum atomic E-state index is -0.422. The number of hydrogen-bond donors (Lipinski definition) is 1. The van der Waals surface area contributed by atoms with E-state index in [1.165, 1.54) is 6.08 Å². The molecule has 1 amide bonds. The zero-order valence-electron chi connectivity index (χ0n) is 16.8. The molecule has 1 aromatic heterocycles. The van der Waals surface area contributed by atoms with Crippen molar-refractivity contribution in [1.82, 2.24) is 15.1 Å². The predicted molar refractivity (Wildman–Crippen MR) is 111 cm³/mol. The molecule has 3 heterocycles. The zero-order valence-corrected chi connectivity index (χ0v) is 16.8. The number of hydrogen-bond acceptors (Lipinski definition) is 5. The SMILES string of the molecule is C=C/C(F)=C\C=C\C1CCn2nc(C(=O)NC3COc4ccc(C#N)cc4C3)cc2O1. The highest BCUT2D eigenvalue weighted by Crippen LogP contribution is 2.26. The average molecular weight is 420 g/mol. The van der Waals surface area contributed by atoms with Crippen LogP contribution in [0.3, 0.4) is 0 Å². The van der Waals surface area contributed by atoms with Crippen LogP contribution in [0, 0.1) is 11.3 Å². The Morgan fingerprint density at radius 2 is 2.29 bits per heavy atom. The van der Waals surface area contributed by atoms with Crippen LogP contribution in [-0.4, -0.2) is 34.4 Å². The zero-order chi connectivity index (χ0) is 21.8. The molecule has 2 aliphatic heterocycles. The third-order valence-electron chi connectivity index (χ3n) is 5.08. The lowest BCUT2D eigenvalue weighted by atomic mass is 10.0. The smallest absolute Gasteiger partial charge is 0.272 e. The summed E-state index contributed by atoms with van der Waals surface area (Å²) in [4.78, 5) is 12.7. The first kappa shape index (κ1) is 20.4. The molecule has 0 fully saturated rings. The number of ether oxygens (including phenoxy) is 2. The van der Waals surface area contributed by atoms with E-state index >= 15 is 0 Å². The lowest BCUT2D eigenvalue weighted by molar-refractivity contribution is 0.0909. The third kappa shape index (κ3) is 4.67. The van der Waals surface area contributed by atoms with Crippen molar-refractivity contribution in [2.75, 3.05) is 6.61 Å². The molecule has 2 atom stereocenters. The van der Waals surface area contributed by atoms with Crippen molar-refractivity contribution in [3.8, 4) is 17.7 Å². The molecule has 0 bridgehead atoms. The van der Waals surface area contributed by atoms with E-state index < -0.39 is 5.83 Å². The summed E-state index contributed by atoms with van der Waals surface area (Å²) < 4.78 is 26.3. The van der Waals surface area contributed by atoms with E-state index in [4.69, 9.17) is 14.7 Å². The maximum atomic E-state index is 13.1. The molecular weight excluding hydrogens is 399 g/mol. The van der Waals surface area contributed by atoms with Crippen molar-refractivity contribution >= 4 is 5.91 Å². The molecule has 1 N–H and O–H groups in total. The number of carbonyl (C=O) groups excluding carboxylic acids is 1. The molecule has 1 aromatic carbocycles. The minimum Gasteiger partial charge on any atom is -0.491 e.